The van der Waals surface area contributed by atoms with Crippen LogP contribution in [-0.2, 0) is 28.2 Å². The molecule has 158 valence electrons. The average Bonchev–Trinajstić information content (AvgIpc) is 2.98. The maximum absolute atomic E-state index is 12.9. The molecule has 1 saturated heterocycles. The molecule has 1 fully saturated rings. The fourth-order valence-electron chi connectivity index (χ4n) is 4.20. The topological polar surface area (TPSA) is 81.4 Å². The first-order chi connectivity index (χ1) is 14.3. The molecule has 0 radical (unpaired) electrons. The number of benzene rings is 2. The van der Waals surface area contributed by atoms with E-state index in [0.717, 1.165) is 29.4 Å². The molecule has 0 saturated carbocycles. The van der Waals surface area contributed by atoms with E-state index in [1.54, 1.807) is 23.7 Å². The number of carbonyl (C=O) groups excluding carboxylic acids is 1. The van der Waals surface area contributed by atoms with E-state index in [2.05, 4.69) is 0 Å². The van der Waals surface area contributed by atoms with E-state index in [1.807, 2.05) is 41.3 Å². The molecule has 0 atom stereocenters. The lowest BCUT2D eigenvalue weighted by Gasteiger charge is -2.32. The highest BCUT2D eigenvalue weighted by Crippen LogP contribution is 2.29. The Morgan fingerprint density at radius 1 is 1.00 bits per heavy atom. The van der Waals surface area contributed by atoms with E-state index >= 15 is 0 Å². The molecule has 1 aromatic heterocycles. The normalized spacial score (nSPS) is 15.6. The number of amides is 1. The van der Waals surface area contributed by atoms with Gasteiger partial charge in [-0.15, -0.1) is 0 Å². The van der Waals surface area contributed by atoms with E-state index in [0.29, 0.717) is 23.9 Å². The molecule has 0 unspecified atom stereocenters. The zero-order chi connectivity index (χ0) is 21.5. The fourth-order valence-corrected chi connectivity index (χ4v) is 4.83. The minimum atomic E-state index is -3.20. The maximum Gasteiger partial charge on any atom is 0.329 e. The molecule has 1 aliphatic heterocycles. The monoisotopic (exact) mass is 427 g/mol. The Morgan fingerprint density at radius 3 is 2.20 bits per heavy atom. The fraction of sp³-hybridized carbons (Fsp3) is 0.364. The second kappa shape index (κ2) is 7.75. The minimum Gasteiger partial charge on any atom is -0.341 e. The number of fused-ring (bicyclic) bond motifs is 1. The van der Waals surface area contributed by atoms with Crippen LogP contribution in [0, 0.1) is 0 Å². The van der Waals surface area contributed by atoms with Gasteiger partial charge in [0.15, 0.2) is 9.84 Å². The number of likely N-dealkylation sites (tertiary alicyclic amines) is 1. The number of imidazole rings is 1. The standard InChI is InChI=1S/C22H25N3O4S/c1-23-19-5-3-4-6-20(19)25(22(23)27)15-21(26)24-13-11-17(12-14-24)16-7-9-18(10-8-16)30(2,28)29/h3-10,17H,11-15H2,1-2H3. The Balaban J connectivity index is 1.43. The highest BCUT2D eigenvalue weighted by Gasteiger charge is 2.25. The minimum absolute atomic E-state index is 0.0356. The molecule has 2 aromatic carbocycles. The van der Waals surface area contributed by atoms with Crippen molar-refractivity contribution >= 4 is 26.8 Å². The van der Waals surface area contributed by atoms with Crippen LogP contribution in [0.15, 0.2) is 58.2 Å². The predicted octanol–water partition coefficient (Wildman–Crippen LogP) is 2.15. The van der Waals surface area contributed by atoms with Crippen LogP contribution in [0.2, 0.25) is 0 Å². The Kier molecular flexibility index (Phi) is 5.27. The third-order valence-corrected chi connectivity index (χ3v) is 7.10. The van der Waals surface area contributed by atoms with Gasteiger partial charge in [-0.25, -0.2) is 13.2 Å². The molecule has 0 bridgehead atoms. The first-order valence-corrected chi connectivity index (χ1v) is 11.9. The van der Waals surface area contributed by atoms with Gasteiger partial charge in [-0.3, -0.25) is 13.9 Å². The van der Waals surface area contributed by atoms with Gasteiger partial charge in [-0.2, -0.15) is 0 Å². The predicted molar refractivity (Wildman–Crippen MR) is 115 cm³/mol. The summed E-state index contributed by atoms with van der Waals surface area (Å²) in [7, 11) is -1.49. The summed E-state index contributed by atoms with van der Waals surface area (Å²) in [5.74, 6) is 0.238. The third-order valence-electron chi connectivity index (χ3n) is 5.97. The summed E-state index contributed by atoms with van der Waals surface area (Å²) in [4.78, 5) is 27.5. The van der Waals surface area contributed by atoms with Crippen LogP contribution in [0.1, 0.15) is 24.3 Å². The maximum atomic E-state index is 12.9. The lowest BCUT2D eigenvalue weighted by Crippen LogP contribution is -2.41. The van der Waals surface area contributed by atoms with Crippen LogP contribution < -0.4 is 5.69 Å². The van der Waals surface area contributed by atoms with Crippen molar-refractivity contribution < 1.29 is 13.2 Å². The Bertz CT molecular complexity index is 1250. The lowest BCUT2D eigenvalue weighted by molar-refractivity contribution is -0.132. The number of carbonyl (C=O) groups is 1. The lowest BCUT2D eigenvalue weighted by atomic mass is 9.89. The van der Waals surface area contributed by atoms with E-state index in [4.69, 9.17) is 0 Å². The molecule has 0 N–H and O–H groups in total. The van der Waals surface area contributed by atoms with Crippen molar-refractivity contribution in [3.8, 4) is 0 Å². The highest BCUT2D eigenvalue weighted by molar-refractivity contribution is 7.90. The number of nitrogens with zero attached hydrogens (tertiary/aromatic N) is 3. The van der Waals surface area contributed by atoms with Crippen LogP contribution in [0.3, 0.4) is 0 Å². The first-order valence-electron chi connectivity index (χ1n) is 9.98. The molecular formula is C22H25N3O4S. The smallest absolute Gasteiger partial charge is 0.329 e. The Morgan fingerprint density at radius 2 is 1.60 bits per heavy atom. The molecule has 2 heterocycles. The van der Waals surface area contributed by atoms with Crippen LogP contribution in [0.4, 0.5) is 0 Å². The van der Waals surface area contributed by atoms with Crippen molar-refractivity contribution in [1.29, 1.82) is 0 Å². The summed E-state index contributed by atoms with van der Waals surface area (Å²) < 4.78 is 26.4. The quantitative estimate of drug-likeness (QED) is 0.639. The number of para-hydroxylation sites is 2. The van der Waals surface area contributed by atoms with Gasteiger partial charge in [0.1, 0.15) is 6.54 Å². The number of rotatable bonds is 4. The van der Waals surface area contributed by atoms with Gasteiger partial charge in [0.2, 0.25) is 5.91 Å². The van der Waals surface area contributed by atoms with E-state index in [9.17, 15) is 18.0 Å². The summed E-state index contributed by atoms with van der Waals surface area (Å²) in [5, 5.41) is 0. The number of sulfone groups is 1. The zero-order valence-electron chi connectivity index (χ0n) is 17.1. The van der Waals surface area contributed by atoms with E-state index in [-0.39, 0.29) is 18.1 Å². The molecule has 1 aliphatic rings. The third kappa shape index (κ3) is 3.79. The number of aryl methyl sites for hydroxylation is 1. The number of hydrogen-bond acceptors (Lipinski definition) is 4. The summed E-state index contributed by atoms with van der Waals surface area (Å²) in [6, 6.07) is 14.5. The van der Waals surface area contributed by atoms with Crippen LogP contribution in [0.25, 0.3) is 11.0 Å². The number of piperidine rings is 1. The molecule has 8 heteroatoms. The summed E-state index contributed by atoms with van der Waals surface area (Å²) in [6.45, 7) is 1.28. The van der Waals surface area contributed by atoms with Crippen LogP contribution in [-0.4, -0.2) is 47.7 Å². The highest BCUT2D eigenvalue weighted by atomic mass is 32.2. The van der Waals surface area contributed by atoms with Crippen molar-refractivity contribution in [3.63, 3.8) is 0 Å². The first kappa shape index (κ1) is 20.4. The summed E-state index contributed by atoms with van der Waals surface area (Å²) >= 11 is 0. The summed E-state index contributed by atoms with van der Waals surface area (Å²) in [5.41, 5.74) is 2.48. The van der Waals surface area contributed by atoms with Gasteiger partial charge in [0, 0.05) is 26.4 Å². The molecule has 0 aliphatic carbocycles. The molecule has 1 amide bonds. The van der Waals surface area contributed by atoms with Crippen molar-refractivity contribution in [3.05, 3.63) is 64.6 Å². The van der Waals surface area contributed by atoms with Crippen molar-refractivity contribution in [2.24, 2.45) is 7.05 Å². The van der Waals surface area contributed by atoms with Gasteiger partial charge >= 0.3 is 5.69 Å². The van der Waals surface area contributed by atoms with Crippen molar-refractivity contribution in [2.45, 2.75) is 30.2 Å². The van der Waals surface area contributed by atoms with Gasteiger partial charge in [0.25, 0.3) is 0 Å². The molecule has 3 aromatic rings. The van der Waals surface area contributed by atoms with E-state index < -0.39 is 9.84 Å². The SMILES string of the molecule is Cn1c(=O)n(CC(=O)N2CCC(c3ccc(S(C)(=O)=O)cc3)CC2)c2ccccc21. The average molecular weight is 428 g/mol. The van der Waals surface area contributed by atoms with Gasteiger partial charge in [0.05, 0.1) is 15.9 Å². The van der Waals surface area contributed by atoms with Gasteiger partial charge in [-0.1, -0.05) is 24.3 Å². The Labute approximate surface area is 175 Å². The molecule has 30 heavy (non-hydrogen) atoms. The second-order valence-corrected chi connectivity index (χ2v) is 9.93. The van der Waals surface area contributed by atoms with Crippen LogP contribution >= 0.6 is 0 Å². The largest absolute Gasteiger partial charge is 0.341 e. The zero-order valence-corrected chi connectivity index (χ0v) is 17.9. The molecule has 0 spiro atoms. The van der Waals surface area contributed by atoms with Crippen molar-refractivity contribution in [1.82, 2.24) is 14.0 Å². The molecular weight excluding hydrogens is 402 g/mol. The van der Waals surface area contributed by atoms with Crippen LogP contribution in [0.5, 0.6) is 0 Å². The molecule has 4 rings (SSSR count). The van der Waals surface area contributed by atoms with Gasteiger partial charge < -0.3 is 4.90 Å². The number of hydrogen-bond donors (Lipinski definition) is 0. The Hall–Kier alpha value is -2.87. The number of aromatic nitrogens is 2. The molecule has 7 nitrogen and oxygen atoms in total. The summed E-state index contributed by atoms with van der Waals surface area (Å²) in [6.07, 6.45) is 2.83. The van der Waals surface area contributed by atoms with Crippen molar-refractivity contribution in [2.75, 3.05) is 19.3 Å². The van der Waals surface area contributed by atoms with E-state index in [1.165, 1.54) is 10.8 Å². The second-order valence-electron chi connectivity index (χ2n) is 7.91. The van der Waals surface area contributed by atoms with Gasteiger partial charge in [-0.05, 0) is 48.6 Å².